The Hall–Kier alpha value is -0.910. The molecule has 1 aromatic rings. The maximum absolute atomic E-state index is 12.1. The summed E-state index contributed by atoms with van der Waals surface area (Å²) < 4.78 is 26.7. The Morgan fingerprint density at radius 2 is 1.72 bits per heavy atom. The van der Waals surface area contributed by atoms with Crippen LogP contribution < -0.4 is 10.5 Å². The molecular formula is C13H22N2O2S. The molecule has 0 spiro atoms. The number of hydrogen-bond acceptors (Lipinski definition) is 3. The molecule has 0 amide bonds. The van der Waals surface area contributed by atoms with E-state index in [9.17, 15) is 8.42 Å². The van der Waals surface area contributed by atoms with E-state index < -0.39 is 15.6 Å². The molecule has 4 nitrogen and oxygen atoms in total. The van der Waals surface area contributed by atoms with Crippen LogP contribution in [0.15, 0.2) is 29.2 Å². The van der Waals surface area contributed by atoms with Crippen LogP contribution in [0.1, 0.15) is 45.7 Å². The monoisotopic (exact) mass is 270 g/mol. The zero-order valence-corrected chi connectivity index (χ0v) is 12.2. The van der Waals surface area contributed by atoms with Gasteiger partial charge in [-0.15, -0.1) is 0 Å². The second kappa shape index (κ2) is 5.38. The maximum Gasteiger partial charge on any atom is 0.241 e. The van der Waals surface area contributed by atoms with Crippen LogP contribution >= 0.6 is 0 Å². The van der Waals surface area contributed by atoms with Gasteiger partial charge in [0.2, 0.25) is 10.0 Å². The SMILES string of the molecule is CCC(N)c1ccc(S(=O)(=O)NC(C)(C)C)cc1. The predicted molar refractivity (Wildman–Crippen MR) is 73.7 cm³/mol. The lowest BCUT2D eigenvalue weighted by molar-refractivity contribution is 0.491. The molecule has 0 saturated heterocycles. The van der Waals surface area contributed by atoms with Gasteiger partial charge < -0.3 is 5.73 Å². The van der Waals surface area contributed by atoms with Gasteiger partial charge in [0, 0.05) is 11.6 Å². The molecule has 1 unspecified atom stereocenters. The highest BCUT2D eigenvalue weighted by Gasteiger charge is 2.21. The van der Waals surface area contributed by atoms with Crippen molar-refractivity contribution in [1.29, 1.82) is 0 Å². The molecule has 18 heavy (non-hydrogen) atoms. The number of sulfonamides is 1. The highest BCUT2D eigenvalue weighted by Crippen LogP contribution is 2.18. The molecule has 0 aromatic heterocycles. The Morgan fingerprint density at radius 3 is 2.11 bits per heavy atom. The Labute approximate surface area is 110 Å². The first-order chi connectivity index (χ1) is 8.15. The van der Waals surface area contributed by atoms with Gasteiger partial charge in [-0.05, 0) is 44.9 Å². The summed E-state index contributed by atoms with van der Waals surface area (Å²) in [4.78, 5) is 0.268. The Balaban J connectivity index is 2.98. The van der Waals surface area contributed by atoms with Crippen LogP contribution in [0.2, 0.25) is 0 Å². The number of rotatable bonds is 4. The van der Waals surface area contributed by atoms with E-state index in [-0.39, 0.29) is 10.9 Å². The third-order valence-electron chi connectivity index (χ3n) is 2.50. The smallest absolute Gasteiger partial charge is 0.241 e. The summed E-state index contributed by atoms with van der Waals surface area (Å²) in [6.45, 7) is 7.43. The first-order valence-corrected chi connectivity index (χ1v) is 7.53. The molecule has 0 aliphatic carbocycles. The molecule has 0 fully saturated rings. The second-order valence-corrected chi connectivity index (χ2v) is 7.12. The Morgan fingerprint density at radius 1 is 1.22 bits per heavy atom. The predicted octanol–water partition coefficient (Wildman–Crippen LogP) is 2.17. The zero-order chi connectivity index (χ0) is 14.0. The van der Waals surface area contributed by atoms with Gasteiger partial charge in [-0.3, -0.25) is 0 Å². The van der Waals surface area contributed by atoms with Crippen LogP contribution in [0.25, 0.3) is 0 Å². The number of nitrogens with two attached hydrogens (primary N) is 1. The molecule has 0 radical (unpaired) electrons. The van der Waals surface area contributed by atoms with Crippen LogP contribution in [0, 0.1) is 0 Å². The van der Waals surface area contributed by atoms with E-state index in [4.69, 9.17) is 5.73 Å². The van der Waals surface area contributed by atoms with E-state index in [0.717, 1.165) is 12.0 Å². The first-order valence-electron chi connectivity index (χ1n) is 6.05. The molecule has 0 aliphatic heterocycles. The van der Waals surface area contributed by atoms with Gasteiger partial charge in [-0.2, -0.15) is 0 Å². The van der Waals surface area contributed by atoms with Crippen molar-refractivity contribution in [2.45, 2.75) is 50.6 Å². The molecule has 0 heterocycles. The van der Waals surface area contributed by atoms with E-state index in [0.29, 0.717) is 0 Å². The summed E-state index contributed by atoms with van der Waals surface area (Å²) in [7, 11) is -3.46. The lowest BCUT2D eigenvalue weighted by Crippen LogP contribution is -2.40. The van der Waals surface area contributed by atoms with Gasteiger partial charge in [-0.25, -0.2) is 13.1 Å². The van der Waals surface area contributed by atoms with Gasteiger partial charge in [-0.1, -0.05) is 19.1 Å². The Kier molecular flexibility index (Phi) is 4.53. The lowest BCUT2D eigenvalue weighted by Gasteiger charge is -2.20. The minimum atomic E-state index is -3.46. The average molecular weight is 270 g/mol. The van der Waals surface area contributed by atoms with Gasteiger partial charge >= 0.3 is 0 Å². The summed E-state index contributed by atoms with van der Waals surface area (Å²) in [6.07, 6.45) is 0.826. The van der Waals surface area contributed by atoms with Crippen LogP contribution in [-0.2, 0) is 10.0 Å². The minimum Gasteiger partial charge on any atom is -0.324 e. The summed E-state index contributed by atoms with van der Waals surface area (Å²) >= 11 is 0. The molecule has 5 heteroatoms. The van der Waals surface area contributed by atoms with Crippen molar-refractivity contribution in [3.05, 3.63) is 29.8 Å². The van der Waals surface area contributed by atoms with Gasteiger partial charge in [0.15, 0.2) is 0 Å². The van der Waals surface area contributed by atoms with E-state index in [1.165, 1.54) is 0 Å². The molecule has 0 saturated carbocycles. The largest absolute Gasteiger partial charge is 0.324 e. The third-order valence-corrected chi connectivity index (χ3v) is 4.27. The van der Waals surface area contributed by atoms with Crippen molar-refractivity contribution in [3.8, 4) is 0 Å². The van der Waals surface area contributed by atoms with Crippen LogP contribution in [0.4, 0.5) is 0 Å². The maximum atomic E-state index is 12.1. The topological polar surface area (TPSA) is 72.2 Å². The van der Waals surface area contributed by atoms with Gasteiger partial charge in [0.05, 0.1) is 4.90 Å². The highest BCUT2D eigenvalue weighted by atomic mass is 32.2. The Bertz CT molecular complexity index is 487. The lowest BCUT2D eigenvalue weighted by atomic mass is 10.1. The molecule has 1 atom stereocenters. The number of nitrogens with one attached hydrogen (secondary N) is 1. The summed E-state index contributed by atoms with van der Waals surface area (Å²) in [5.41, 5.74) is 6.35. The van der Waals surface area contributed by atoms with Crippen molar-refractivity contribution in [1.82, 2.24) is 4.72 Å². The summed E-state index contributed by atoms with van der Waals surface area (Å²) in [5, 5.41) is 0. The highest BCUT2D eigenvalue weighted by molar-refractivity contribution is 7.89. The fraction of sp³-hybridized carbons (Fsp3) is 0.538. The second-order valence-electron chi connectivity index (χ2n) is 5.44. The van der Waals surface area contributed by atoms with Crippen LogP contribution in [-0.4, -0.2) is 14.0 Å². The average Bonchev–Trinajstić information content (AvgIpc) is 2.25. The summed E-state index contributed by atoms with van der Waals surface area (Å²) in [6, 6.07) is 6.69. The van der Waals surface area contributed by atoms with Crippen molar-refractivity contribution < 1.29 is 8.42 Å². The van der Waals surface area contributed by atoms with Crippen molar-refractivity contribution >= 4 is 10.0 Å². The van der Waals surface area contributed by atoms with Crippen molar-refractivity contribution in [2.75, 3.05) is 0 Å². The third kappa shape index (κ3) is 4.08. The number of hydrogen-bond donors (Lipinski definition) is 2. The summed E-state index contributed by atoms with van der Waals surface area (Å²) in [5.74, 6) is 0. The molecule has 102 valence electrons. The quantitative estimate of drug-likeness (QED) is 0.880. The van der Waals surface area contributed by atoms with Crippen molar-refractivity contribution in [2.24, 2.45) is 5.73 Å². The molecule has 1 rings (SSSR count). The minimum absolute atomic E-state index is 0.0441. The van der Waals surface area contributed by atoms with E-state index in [1.54, 1.807) is 24.3 Å². The molecule has 0 bridgehead atoms. The normalized spacial score (nSPS) is 14.5. The first kappa shape index (κ1) is 15.1. The molecular weight excluding hydrogens is 248 g/mol. The van der Waals surface area contributed by atoms with Crippen LogP contribution in [0.5, 0.6) is 0 Å². The number of benzene rings is 1. The van der Waals surface area contributed by atoms with Gasteiger partial charge in [0.25, 0.3) is 0 Å². The fourth-order valence-electron chi connectivity index (χ4n) is 1.59. The zero-order valence-electron chi connectivity index (χ0n) is 11.4. The van der Waals surface area contributed by atoms with E-state index in [1.807, 2.05) is 27.7 Å². The molecule has 0 aliphatic rings. The van der Waals surface area contributed by atoms with Crippen molar-refractivity contribution in [3.63, 3.8) is 0 Å². The molecule has 3 N–H and O–H groups in total. The standard InChI is InChI=1S/C13H22N2O2S/c1-5-12(14)10-6-8-11(9-7-10)18(16,17)15-13(2,3)4/h6-9,12,15H,5,14H2,1-4H3. The molecule has 1 aromatic carbocycles. The van der Waals surface area contributed by atoms with Gasteiger partial charge in [0.1, 0.15) is 0 Å². The fourth-order valence-corrected chi connectivity index (χ4v) is 3.01. The van der Waals surface area contributed by atoms with Crippen LogP contribution in [0.3, 0.4) is 0 Å². The van der Waals surface area contributed by atoms with E-state index in [2.05, 4.69) is 4.72 Å². The van der Waals surface area contributed by atoms with E-state index >= 15 is 0 Å².